The molecular weight excluding hydrogens is 430 g/mol. The number of sulfonamides is 1. The summed E-state index contributed by atoms with van der Waals surface area (Å²) in [5, 5.41) is 0. The van der Waals surface area contributed by atoms with Crippen LogP contribution in [0.2, 0.25) is 0 Å². The Morgan fingerprint density at radius 1 is 1.06 bits per heavy atom. The molecule has 2 heterocycles. The Morgan fingerprint density at radius 3 is 2.56 bits per heavy atom. The van der Waals surface area contributed by atoms with E-state index in [9.17, 15) is 8.42 Å². The lowest BCUT2D eigenvalue weighted by atomic mass is 10.0. The van der Waals surface area contributed by atoms with Gasteiger partial charge in [-0.3, -0.25) is 4.90 Å². The SMILES string of the molecule is COc1ccc(S(=O)(=O)NCC(c2ccc3c(c2)CCN3C)N2CCOCC2)c(OC)c1. The van der Waals surface area contributed by atoms with E-state index >= 15 is 0 Å². The molecule has 4 rings (SSSR count). The normalized spacial score (nSPS) is 17.8. The Balaban J connectivity index is 1.59. The van der Waals surface area contributed by atoms with Crippen LogP contribution in [0.15, 0.2) is 41.3 Å². The van der Waals surface area contributed by atoms with E-state index in [0.717, 1.165) is 31.6 Å². The lowest BCUT2D eigenvalue weighted by Gasteiger charge is -2.35. The summed E-state index contributed by atoms with van der Waals surface area (Å²) < 4.78 is 45.2. The first-order valence-electron chi connectivity index (χ1n) is 10.8. The highest BCUT2D eigenvalue weighted by Gasteiger charge is 2.28. The first-order chi connectivity index (χ1) is 15.4. The van der Waals surface area contributed by atoms with E-state index < -0.39 is 10.0 Å². The van der Waals surface area contributed by atoms with Gasteiger partial charge in [0.2, 0.25) is 10.0 Å². The summed E-state index contributed by atoms with van der Waals surface area (Å²) in [7, 11) is 1.29. The summed E-state index contributed by atoms with van der Waals surface area (Å²) in [5.41, 5.74) is 3.67. The number of rotatable bonds is 8. The van der Waals surface area contributed by atoms with Gasteiger partial charge in [0.05, 0.1) is 27.4 Å². The van der Waals surface area contributed by atoms with Crippen molar-refractivity contribution in [2.45, 2.75) is 17.4 Å². The van der Waals surface area contributed by atoms with Crippen molar-refractivity contribution in [2.24, 2.45) is 0 Å². The first kappa shape index (κ1) is 22.8. The zero-order valence-electron chi connectivity index (χ0n) is 18.8. The van der Waals surface area contributed by atoms with Crippen molar-refractivity contribution in [3.63, 3.8) is 0 Å². The Morgan fingerprint density at radius 2 is 1.84 bits per heavy atom. The molecule has 174 valence electrons. The second-order valence-electron chi connectivity index (χ2n) is 8.09. The lowest BCUT2D eigenvalue weighted by Crippen LogP contribution is -2.43. The molecule has 2 aliphatic heterocycles. The highest BCUT2D eigenvalue weighted by Crippen LogP contribution is 2.32. The molecule has 2 aliphatic rings. The van der Waals surface area contributed by atoms with Crippen LogP contribution in [0.25, 0.3) is 0 Å². The van der Waals surface area contributed by atoms with E-state index in [2.05, 4.69) is 39.8 Å². The van der Waals surface area contributed by atoms with E-state index in [0.29, 0.717) is 19.0 Å². The second kappa shape index (κ2) is 9.66. The zero-order valence-corrected chi connectivity index (χ0v) is 19.7. The van der Waals surface area contributed by atoms with Crippen LogP contribution >= 0.6 is 0 Å². The predicted octanol–water partition coefficient (Wildman–Crippen LogP) is 2.05. The van der Waals surface area contributed by atoms with Gasteiger partial charge in [0.15, 0.2) is 0 Å². The molecule has 0 aromatic heterocycles. The maximum absolute atomic E-state index is 13.2. The summed E-state index contributed by atoms with van der Waals surface area (Å²) in [6.07, 6.45) is 1.00. The number of benzene rings is 2. The molecule has 1 fully saturated rings. The van der Waals surface area contributed by atoms with Gasteiger partial charge in [-0.25, -0.2) is 13.1 Å². The van der Waals surface area contributed by atoms with Crippen molar-refractivity contribution < 1.29 is 22.6 Å². The van der Waals surface area contributed by atoms with Gasteiger partial charge in [0, 0.05) is 51.0 Å². The predicted molar refractivity (Wildman–Crippen MR) is 123 cm³/mol. The van der Waals surface area contributed by atoms with E-state index in [1.54, 1.807) is 12.1 Å². The highest BCUT2D eigenvalue weighted by atomic mass is 32.2. The van der Waals surface area contributed by atoms with Gasteiger partial charge < -0.3 is 19.1 Å². The molecule has 32 heavy (non-hydrogen) atoms. The second-order valence-corrected chi connectivity index (χ2v) is 9.83. The zero-order chi connectivity index (χ0) is 22.7. The number of fused-ring (bicyclic) bond motifs is 1. The van der Waals surface area contributed by atoms with Crippen LogP contribution in [0.1, 0.15) is 17.2 Å². The van der Waals surface area contributed by atoms with Crippen LogP contribution in [0, 0.1) is 0 Å². The van der Waals surface area contributed by atoms with Crippen molar-refractivity contribution in [3.8, 4) is 11.5 Å². The third kappa shape index (κ3) is 4.71. The summed E-state index contributed by atoms with van der Waals surface area (Å²) >= 11 is 0. The molecule has 1 unspecified atom stereocenters. The quantitative estimate of drug-likeness (QED) is 0.644. The van der Waals surface area contributed by atoms with Gasteiger partial charge in [0.1, 0.15) is 16.4 Å². The molecule has 8 nitrogen and oxygen atoms in total. The average Bonchev–Trinajstić information content (AvgIpc) is 3.19. The minimum absolute atomic E-state index is 0.0888. The molecule has 0 radical (unpaired) electrons. The highest BCUT2D eigenvalue weighted by molar-refractivity contribution is 7.89. The van der Waals surface area contributed by atoms with Gasteiger partial charge in [-0.2, -0.15) is 0 Å². The van der Waals surface area contributed by atoms with Gasteiger partial charge in [-0.05, 0) is 35.7 Å². The maximum atomic E-state index is 13.2. The molecule has 1 N–H and O–H groups in total. The Hall–Kier alpha value is -2.33. The van der Waals surface area contributed by atoms with Crippen molar-refractivity contribution in [2.75, 3.05) is 65.6 Å². The number of hydrogen-bond donors (Lipinski definition) is 1. The smallest absolute Gasteiger partial charge is 0.244 e. The summed E-state index contributed by atoms with van der Waals surface area (Å²) in [6.45, 7) is 4.06. The fraction of sp³-hybridized carbons (Fsp3) is 0.478. The summed E-state index contributed by atoms with van der Waals surface area (Å²) in [6, 6.07) is 11.1. The molecular formula is C23H31N3O5S. The molecule has 9 heteroatoms. The molecule has 0 amide bonds. The maximum Gasteiger partial charge on any atom is 0.244 e. The minimum atomic E-state index is -3.79. The summed E-state index contributed by atoms with van der Waals surface area (Å²) in [5.74, 6) is 0.787. The largest absolute Gasteiger partial charge is 0.497 e. The van der Waals surface area contributed by atoms with E-state index in [1.165, 1.54) is 31.5 Å². The number of nitrogens with one attached hydrogen (secondary N) is 1. The number of anilines is 1. The third-order valence-corrected chi connectivity index (χ3v) is 7.69. The number of ether oxygens (including phenoxy) is 3. The molecule has 1 saturated heterocycles. The van der Waals surface area contributed by atoms with Crippen LogP contribution in [0.3, 0.4) is 0 Å². The standard InChI is InChI=1S/C23H31N3O5S/c1-25-9-8-18-14-17(4-6-20(18)25)21(26-10-12-31-13-11-26)16-24-32(27,28)23-7-5-19(29-2)15-22(23)30-3/h4-7,14-15,21,24H,8-13,16H2,1-3H3. The van der Waals surface area contributed by atoms with Crippen LogP contribution in [0.4, 0.5) is 5.69 Å². The van der Waals surface area contributed by atoms with E-state index in [4.69, 9.17) is 14.2 Å². The van der Waals surface area contributed by atoms with Crippen LogP contribution in [0.5, 0.6) is 11.5 Å². The lowest BCUT2D eigenvalue weighted by molar-refractivity contribution is 0.0172. The van der Waals surface area contributed by atoms with Gasteiger partial charge in [-0.15, -0.1) is 0 Å². The molecule has 1 atom stereocenters. The third-order valence-electron chi connectivity index (χ3n) is 6.23. The number of nitrogens with zero attached hydrogens (tertiary/aromatic N) is 2. The van der Waals surface area contributed by atoms with E-state index in [-0.39, 0.29) is 23.2 Å². The molecule has 2 aromatic carbocycles. The fourth-order valence-corrected chi connectivity index (χ4v) is 5.59. The van der Waals surface area contributed by atoms with Crippen LogP contribution < -0.4 is 19.1 Å². The molecule has 0 aliphatic carbocycles. The minimum Gasteiger partial charge on any atom is -0.497 e. The molecule has 0 spiro atoms. The van der Waals surface area contributed by atoms with Crippen molar-refractivity contribution in [1.82, 2.24) is 9.62 Å². The van der Waals surface area contributed by atoms with Crippen molar-refractivity contribution in [3.05, 3.63) is 47.5 Å². The molecule has 0 bridgehead atoms. The number of hydrogen-bond acceptors (Lipinski definition) is 7. The topological polar surface area (TPSA) is 80.3 Å². The van der Waals surface area contributed by atoms with Gasteiger partial charge in [0.25, 0.3) is 0 Å². The number of likely N-dealkylation sites (N-methyl/N-ethyl adjacent to an activating group) is 1. The first-order valence-corrected chi connectivity index (χ1v) is 12.3. The molecule has 2 aromatic rings. The Bertz CT molecular complexity index is 1050. The van der Waals surface area contributed by atoms with Gasteiger partial charge >= 0.3 is 0 Å². The van der Waals surface area contributed by atoms with Crippen LogP contribution in [-0.2, 0) is 21.2 Å². The molecule has 0 saturated carbocycles. The Labute approximate surface area is 190 Å². The van der Waals surface area contributed by atoms with Crippen LogP contribution in [-0.4, -0.2) is 74.0 Å². The van der Waals surface area contributed by atoms with Crippen molar-refractivity contribution in [1.29, 1.82) is 0 Å². The van der Waals surface area contributed by atoms with E-state index in [1.807, 2.05) is 0 Å². The summed E-state index contributed by atoms with van der Waals surface area (Å²) in [4.78, 5) is 4.64. The fourth-order valence-electron chi connectivity index (χ4n) is 4.40. The monoisotopic (exact) mass is 461 g/mol. The number of methoxy groups -OCH3 is 2. The average molecular weight is 462 g/mol. The van der Waals surface area contributed by atoms with Gasteiger partial charge in [-0.1, -0.05) is 12.1 Å². The van der Waals surface area contributed by atoms with Crippen molar-refractivity contribution >= 4 is 15.7 Å². The number of morpholine rings is 1. The Kier molecular flexibility index (Phi) is 6.90.